The van der Waals surface area contributed by atoms with Crippen molar-refractivity contribution in [3.05, 3.63) is 48.0 Å². The van der Waals surface area contributed by atoms with E-state index in [-0.39, 0.29) is 0 Å². The number of para-hydroxylation sites is 1. The Bertz CT molecular complexity index is 728. The Labute approximate surface area is 150 Å². The van der Waals surface area contributed by atoms with E-state index in [4.69, 9.17) is 4.74 Å². The summed E-state index contributed by atoms with van der Waals surface area (Å²) in [6, 6.07) is 15.7. The fourth-order valence-corrected chi connectivity index (χ4v) is 4.23. The Morgan fingerprint density at radius 3 is 2.76 bits per heavy atom. The van der Waals surface area contributed by atoms with E-state index >= 15 is 0 Å². The van der Waals surface area contributed by atoms with Gasteiger partial charge < -0.3 is 15.4 Å². The van der Waals surface area contributed by atoms with Crippen molar-refractivity contribution in [1.29, 1.82) is 0 Å². The van der Waals surface area contributed by atoms with E-state index in [0.29, 0.717) is 12.0 Å². The van der Waals surface area contributed by atoms with Gasteiger partial charge in [-0.1, -0.05) is 43.7 Å². The molecule has 1 fully saturated rings. The molecule has 0 amide bonds. The second kappa shape index (κ2) is 7.49. The van der Waals surface area contributed by atoms with Crippen LogP contribution >= 0.6 is 0 Å². The highest BCUT2D eigenvalue weighted by Crippen LogP contribution is 2.46. The monoisotopic (exact) mass is 336 g/mol. The molecule has 1 saturated heterocycles. The molecule has 25 heavy (non-hydrogen) atoms. The molecular formula is C22H28N2O. The number of rotatable bonds is 5. The van der Waals surface area contributed by atoms with Gasteiger partial charge in [0.05, 0.1) is 6.61 Å². The van der Waals surface area contributed by atoms with Gasteiger partial charge in [-0.2, -0.15) is 0 Å². The Morgan fingerprint density at radius 1 is 1.00 bits per heavy atom. The molecule has 132 valence electrons. The maximum absolute atomic E-state index is 6.12. The molecule has 2 atom stereocenters. The van der Waals surface area contributed by atoms with Crippen molar-refractivity contribution >= 4 is 5.69 Å². The lowest BCUT2D eigenvalue weighted by atomic mass is 9.85. The molecule has 4 rings (SSSR count). The molecule has 3 heteroatoms. The normalized spacial score (nSPS) is 21.8. The fraction of sp³-hybridized carbons (Fsp3) is 0.455. The maximum Gasteiger partial charge on any atom is 0.127 e. The van der Waals surface area contributed by atoms with Crippen molar-refractivity contribution in [2.24, 2.45) is 0 Å². The summed E-state index contributed by atoms with van der Waals surface area (Å²) in [6.45, 7) is 5.20. The molecule has 0 bridgehead atoms. The van der Waals surface area contributed by atoms with E-state index < -0.39 is 0 Å². The number of fused-ring (bicyclic) bond motifs is 3. The van der Waals surface area contributed by atoms with Crippen LogP contribution in [0.2, 0.25) is 0 Å². The summed E-state index contributed by atoms with van der Waals surface area (Å²) in [4.78, 5) is 0. The average Bonchev–Trinajstić information content (AvgIpc) is 2.84. The first kappa shape index (κ1) is 16.5. The quantitative estimate of drug-likeness (QED) is 0.770. The van der Waals surface area contributed by atoms with Crippen LogP contribution in [-0.4, -0.2) is 25.7 Å². The van der Waals surface area contributed by atoms with E-state index in [2.05, 4.69) is 60.0 Å². The van der Waals surface area contributed by atoms with E-state index in [0.717, 1.165) is 38.3 Å². The molecule has 2 heterocycles. The first-order chi connectivity index (χ1) is 12.4. The third-order valence-corrected chi connectivity index (χ3v) is 5.50. The second-order valence-corrected chi connectivity index (χ2v) is 7.15. The molecule has 2 N–H and O–H groups in total. The second-order valence-electron chi connectivity index (χ2n) is 7.15. The van der Waals surface area contributed by atoms with Crippen molar-refractivity contribution in [2.75, 3.05) is 25.0 Å². The number of ether oxygens (including phenoxy) is 1. The van der Waals surface area contributed by atoms with Crippen molar-refractivity contribution in [3.63, 3.8) is 0 Å². The molecule has 2 aliphatic heterocycles. The van der Waals surface area contributed by atoms with E-state index in [9.17, 15) is 0 Å². The number of unbranched alkanes of at least 4 members (excludes halogenated alkanes) is 1. The van der Waals surface area contributed by atoms with Crippen LogP contribution in [0.5, 0.6) is 5.75 Å². The summed E-state index contributed by atoms with van der Waals surface area (Å²) >= 11 is 0. The third-order valence-electron chi connectivity index (χ3n) is 5.50. The number of anilines is 1. The summed E-state index contributed by atoms with van der Waals surface area (Å²) in [5, 5.41) is 7.32. The zero-order valence-electron chi connectivity index (χ0n) is 15.1. The van der Waals surface area contributed by atoms with Crippen molar-refractivity contribution in [3.8, 4) is 16.9 Å². The SMILES string of the molecule is CCCCOc1ccccc1-c1cccc2c1[C@H]1CCNCC[C@H]1N2. The molecule has 0 aromatic heterocycles. The van der Waals surface area contributed by atoms with Gasteiger partial charge in [0, 0.05) is 23.2 Å². The standard InChI is InChI=1S/C22H28N2O/c1-2-3-15-25-21-10-5-4-7-16(21)17-8-6-9-20-22(17)18-11-13-23-14-12-19(18)24-20/h4-10,18-19,23-24H,2-3,11-15H2,1H3/t18-,19+/m0/s1. The zero-order valence-corrected chi connectivity index (χ0v) is 15.1. The maximum atomic E-state index is 6.12. The number of nitrogens with one attached hydrogen (secondary N) is 2. The lowest BCUT2D eigenvalue weighted by Crippen LogP contribution is -2.21. The van der Waals surface area contributed by atoms with Crippen LogP contribution < -0.4 is 15.4 Å². The summed E-state index contributed by atoms with van der Waals surface area (Å²) in [5.41, 5.74) is 5.38. The van der Waals surface area contributed by atoms with E-state index in [1.54, 1.807) is 0 Å². The van der Waals surface area contributed by atoms with Crippen molar-refractivity contribution < 1.29 is 4.74 Å². The van der Waals surface area contributed by atoms with Crippen LogP contribution in [0.4, 0.5) is 5.69 Å². The molecule has 0 radical (unpaired) electrons. The van der Waals surface area contributed by atoms with Gasteiger partial charge in [-0.15, -0.1) is 0 Å². The fourth-order valence-electron chi connectivity index (χ4n) is 4.23. The molecule has 3 nitrogen and oxygen atoms in total. The highest BCUT2D eigenvalue weighted by molar-refractivity contribution is 5.81. The molecule has 0 spiro atoms. The minimum Gasteiger partial charge on any atom is -0.493 e. The molecule has 0 unspecified atom stereocenters. The molecule has 2 aromatic carbocycles. The molecule has 0 saturated carbocycles. The van der Waals surface area contributed by atoms with Gasteiger partial charge >= 0.3 is 0 Å². The predicted octanol–water partition coefficient (Wildman–Crippen LogP) is 4.79. The van der Waals surface area contributed by atoms with Gasteiger partial charge in [0.15, 0.2) is 0 Å². The zero-order chi connectivity index (χ0) is 17.1. The Kier molecular flexibility index (Phi) is 4.93. The topological polar surface area (TPSA) is 33.3 Å². The first-order valence-corrected chi connectivity index (χ1v) is 9.71. The van der Waals surface area contributed by atoms with Crippen LogP contribution in [0, 0.1) is 0 Å². The summed E-state index contributed by atoms with van der Waals surface area (Å²) in [7, 11) is 0. The summed E-state index contributed by atoms with van der Waals surface area (Å²) < 4.78 is 6.12. The minimum atomic E-state index is 0.555. The lowest BCUT2D eigenvalue weighted by molar-refractivity contribution is 0.310. The molecule has 2 aliphatic rings. The van der Waals surface area contributed by atoms with E-state index in [1.165, 1.54) is 35.2 Å². The van der Waals surface area contributed by atoms with Crippen LogP contribution in [0.15, 0.2) is 42.5 Å². The van der Waals surface area contributed by atoms with Crippen molar-refractivity contribution in [1.82, 2.24) is 5.32 Å². The Balaban J connectivity index is 1.72. The van der Waals surface area contributed by atoms with Gasteiger partial charge in [0.2, 0.25) is 0 Å². The van der Waals surface area contributed by atoms with E-state index in [1.807, 2.05) is 0 Å². The van der Waals surface area contributed by atoms with Gasteiger partial charge in [-0.05, 0) is 55.6 Å². The molecule has 2 aromatic rings. The predicted molar refractivity (Wildman–Crippen MR) is 105 cm³/mol. The Morgan fingerprint density at radius 2 is 1.84 bits per heavy atom. The van der Waals surface area contributed by atoms with Gasteiger partial charge in [-0.3, -0.25) is 0 Å². The van der Waals surface area contributed by atoms with Crippen LogP contribution in [0.1, 0.15) is 44.1 Å². The number of hydrogen-bond donors (Lipinski definition) is 2. The number of hydrogen-bond acceptors (Lipinski definition) is 3. The average molecular weight is 336 g/mol. The van der Waals surface area contributed by atoms with Crippen LogP contribution in [-0.2, 0) is 0 Å². The summed E-state index contributed by atoms with van der Waals surface area (Å²) in [5.74, 6) is 1.60. The summed E-state index contributed by atoms with van der Waals surface area (Å²) in [6.07, 6.45) is 4.64. The van der Waals surface area contributed by atoms with Gasteiger partial charge in [0.1, 0.15) is 5.75 Å². The lowest BCUT2D eigenvalue weighted by Gasteiger charge is -2.19. The van der Waals surface area contributed by atoms with Gasteiger partial charge in [0.25, 0.3) is 0 Å². The smallest absolute Gasteiger partial charge is 0.127 e. The van der Waals surface area contributed by atoms with Gasteiger partial charge in [-0.25, -0.2) is 0 Å². The van der Waals surface area contributed by atoms with Crippen molar-refractivity contribution in [2.45, 2.75) is 44.6 Å². The highest BCUT2D eigenvalue weighted by Gasteiger charge is 2.35. The molecule has 0 aliphatic carbocycles. The third kappa shape index (κ3) is 3.25. The largest absolute Gasteiger partial charge is 0.493 e. The first-order valence-electron chi connectivity index (χ1n) is 9.71. The highest BCUT2D eigenvalue weighted by atomic mass is 16.5. The van der Waals surface area contributed by atoms with Crippen LogP contribution in [0.3, 0.4) is 0 Å². The number of benzene rings is 2. The molecular weight excluding hydrogens is 308 g/mol. The Hall–Kier alpha value is -2.00. The minimum absolute atomic E-state index is 0.555. The van der Waals surface area contributed by atoms with Crippen LogP contribution in [0.25, 0.3) is 11.1 Å².